The van der Waals surface area contributed by atoms with Gasteiger partial charge in [-0.2, -0.15) is 8.42 Å². The molecule has 5 aliphatic rings. The van der Waals surface area contributed by atoms with E-state index in [0.717, 1.165) is 74.1 Å². The molecule has 2 fully saturated rings. The molecule has 5 heterocycles. The molecule has 25 heteroatoms. The van der Waals surface area contributed by atoms with Crippen LogP contribution < -0.4 is 93.8 Å². The van der Waals surface area contributed by atoms with Crippen LogP contribution in [0.15, 0.2) is 130 Å². The zero-order chi connectivity index (χ0) is 56.8. The summed E-state index contributed by atoms with van der Waals surface area (Å²) in [5, 5.41) is 26.2. The van der Waals surface area contributed by atoms with Crippen LogP contribution in [0, 0.1) is 40.9 Å². The third-order valence-corrected chi connectivity index (χ3v) is 19.8. The molecule has 3 aliphatic carbocycles. The van der Waals surface area contributed by atoms with E-state index in [-0.39, 0.29) is 179 Å². The topological polar surface area (TPSA) is 321 Å². The van der Waals surface area contributed by atoms with E-state index in [4.69, 9.17) is 29.9 Å². The molecule has 0 amide bonds. The Balaban J connectivity index is 0.00000251. The zero-order valence-corrected chi connectivity index (χ0v) is 54.4. The van der Waals surface area contributed by atoms with Gasteiger partial charge in [0.1, 0.15) is 42.8 Å². The van der Waals surface area contributed by atoms with Gasteiger partial charge in [0.2, 0.25) is 0 Å². The Kier molecular flexibility index (Phi) is 15.9. The smallest absolute Gasteiger partial charge is 0.872 e. The van der Waals surface area contributed by atoms with E-state index in [1.807, 2.05) is 30.3 Å². The summed E-state index contributed by atoms with van der Waals surface area (Å²) in [5.41, 5.74) is 4.12. The average Bonchev–Trinajstić information content (AvgIpc) is 1.67. The fraction of sp³-hybridized carbons (Fsp3) is 0.200. The Morgan fingerprint density at radius 2 is 1.08 bits per heavy atom. The van der Waals surface area contributed by atoms with E-state index < -0.39 is 50.6 Å². The van der Waals surface area contributed by atoms with Crippen LogP contribution in [-0.4, -0.2) is 83.9 Å². The van der Waals surface area contributed by atoms with E-state index in [1.165, 1.54) is 29.3 Å². The fourth-order valence-electron chi connectivity index (χ4n) is 13.4. The normalized spacial score (nSPS) is 20.1. The van der Waals surface area contributed by atoms with Gasteiger partial charge in [-0.25, -0.2) is 46.7 Å². The van der Waals surface area contributed by atoms with Crippen LogP contribution in [0.2, 0.25) is 0 Å². The van der Waals surface area contributed by atoms with Crippen molar-refractivity contribution in [2.24, 2.45) is 17.3 Å². The Morgan fingerprint density at radius 3 is 1.66 bits per heavy atom. The SMILES string of the molecule is C[C@]12CC[C@@H]3c4ccc([O-])cc4CC[C@H]3[C@@H]1CC[C@@]2(O)c1cccc(C#CC#Cc2ccc3c4nc5nc(nc6[nH]c(nc7nc(nc([nH]4)c3c2)-c2ccc(S(=O)(=O)[O-])cc2-7)c2ccc(S(=O)(=O)O)cc62)-c2ccc(S(=O)(=O)[O-])cc2-5)c1.[Na+].[Na+].[Na+]. The summed E-state index contributed by atoms with van der Waals surface area (Å²) >= 11 is 0. The number of benzene rings is 6. The van der Waals surface area contributed by atoms with Gasteiger partial charge in [-0.3, -0.25) is 4.55 Å². The monoisotopic (exact) mass is 1210 g/mol. The van der Waals surface area contributed by atoms with E-state index in [0.29, 0.717) is 46.1 Å². The Morgan fingerprint density at radius 1 is 0.553 bits per heavy atom. The molecule has 4 N–H and O–H groups in total. The summed E-state index contributed by atoms with van der Waals surface area (Å²) in [4.78, 5) is 33.3. The first-order chi connectivity index (χ1) is 39.1. The average molecular weight is 1220 g/mol. The van der Waals surface area contributed by atoms with Crippen molar-refractivity contribution in [3.05, 3.63) is 143 Å². The number of aryl methyl sites for hydroxylation is 1. The summed E-state index contributed by atoms with van der Waals surface area (Å²) < 4.78 is 109. The van der Waals surface area contributed by atoms with Crippen molar-refractivity contribution in [2.45, 2.75) is 71.7 Å². The molecule has 0 unspecified atom stereocenters. The molecule has 0 saturated heterocycles. The first kappa shape index (κ1) is 61.0. The maximum absolute atomic E-state index is 12.7. The van der Waals surface area contributed by atoms with E-state index in [1.54, 1.807) is 30.3 Å². The molecule has 5 atom stereocenters. The molecule has 8 bridgehead atoms. The van der Waals surface area contributed by atoms with Crippen LogP contribution in [0.1, 0.15) is 72.8 Å². The number of fused-ring (bicyclic) bond motifs is 25. The van der Waals surface area contributed by atoms with E-state index in [2.05, 4.69) is 40.6 Å². The Bertz CT molecular complexity index is 5020. The number of aliphatic hydroxyl groups is 1. The number of nitrogens with zero attached hydrogens (tertiary/aromatic N) is 6. The van der Waals surface area contributed by atoms with Gasteiger partial charge in [-0.05, 0) is 170 Å². The summed E-state index contributed by atoms with van der Waals surface area (Å²) in [6, 6.07) is 29.2. The fourth-order valence-corrected chi connectivity index (χ4v) is 14.9. The van der Waals surface area contributed by atoms with Crippen LogP contribution in [0.5, 0.6) is 5.75 Å². The molecule has 408 valence electrons. The standard InChI is InChI=1S/C60H44N8O11S3.3Na/c1-59-23-21-40-39-17-11-35(69)27-33(39)10-16-41(40)50(59)22-24-60(59,70)34-8-4-7-31(25-34)5-2-3-6-32-9-15-42-46(26-32)55-61-51(42)63-56-48-29-37(81(74,75)76)13-19-44(48)53(65-56)67-58-49-30-38(82(77,78)79)14-20-45(49)54(68-58)66-57-47-28-36(80(71,72)73)12-18-43(47)52(62-55)64-57;;;/h4,7-9,11-15,17-20,25-30,40-41,50,69-70H,10,16,21-24H2,1H3,(H,71,72,73)(H,74,75,76)(H,77,78,79)(H2,61,62,63,64,65,66,67,68);;;/q;3*+1/p-3/t40-,41-,50+,59+,60-;;;/m1.../s1. The number of hydrogen-bond acceptors (Lipinski definition) is 16. The minimum Gasteiger partial charge on any atom is -0.872 e. The number of H-pyrrole nitrogens is 2. The maximum atomic E-state index is 12.7. The quantitative estimate of drug-likeness (QED) is 0.0948. The molecule has 9 aromatic rings. The van der Waals surface area contributed by atoms with Gasteiger partial charge in [0.25, 0.3) is 10.1 Å². The number of aromatic amines is 2. The first-order valence-corrected chi connectivity index (χ1v) is 30.3. The van der Waals surface area contributed by atoms with Crippen molar-refractivity contribution in [2.75, 3.05) is 0 Å². The van der Waals surface area contributed by atoms with Crippen LogP contribution in [0.25, 0.3) is 89.7 Å². The van der Waals surface area contributed by atoms with Crippen LogP contribution >= 0.6 is 0 Å². The number of hydrogen-bond donors (Lipinski definition) is 4. The largest absolute Gasteiger partial charge is 1.00 e. The van der Waals surface area contributed by atoms with Crippen molar-refractivity contribution >= 4 is 74.5 Å². The van der Waals surface area contributed by atoms with Crippen LogP contribution in [0.3, 0.4) is 0 Å². The maximum Gasteiger partial charge on any atom is 1.00 e. The van der Waals surface area contributed by atoms with Gasteiger partial charge in [0.15, 0.2) is 23.3 Å². The van der Waals surface area contributed by atoms with Crippen molar-refractivity contribution in [3.8, 4) is 75.0 Å². The van der Waals surface area contributed by atoms with Crippen molar-refractivity contribution < 1.29 is 138 Å². The molecule has 0 spiro atoms. The third-order valence-electron chi connectivity index (χ3n) is 17.3. The molecule has 19 nitrogen and oxygen atoms in total. The van der Waals surface area contributed by atoms with Gasteiger partial charge < -0.3 is 29.3 Å². The zero-order valence-electron chi connectivity index (χ0n) is 45.9. The number of aromatic nitrogens is 8. The molecule has 14 rings (SSSR count). The van der Waals surface area contributed by atoms with Crippen molar-refractivity contribution in [1.29, 1.82) is 0 Å². The van der Waals surface area contributed by atoms with Crippen LogP contribution in [0.4, 0.5) is 0 Å². The molecule has 6 aromatic carbocycles. The number of rotatable bonds is 4. The molecule has 2 saturated carbocycles. The van der Waals surface area contributed by atoms with E-state index >= 15 is 0 Å². The van der Waals surface area contributed by atoms with Gasteiger partial charge in [-0.1, -0.05) is 49.1 Å². The summed E-state index contributed by atoms with van der Waals surface area (Å²) in [6.45, 7) is 2.24. The molecular formula is C60H41N8Na3O11S3. The summed E-state index contributed by atoms with van der Waals surface area (Å²) in [6.07, 6.45) is 5.20. The van der Waals surface area contributed by atoms with Gasteiger partial charge in [0, 0.05) is 60.3 Å². The van der Waals surface area contributed by atoms with E-state index in [9.17, 15) is 49.1 Å². The van der Waals surface area contributed by atoms with Gasteiger partial charge in [0.05, 0.1) is 20.3 Å². The molecule has 2 aliphatic heterocycles. The Hall–Kier alpha value is -5.71. The van der Waals surface area contributed by atoms with Gasteiger partial charge >= 0.3 is 88.7 Å². The van der Waals surface area contributed by atoms with Crippen molar-refractivity contribution in [3.63, 3.8) is 0 Å². The predicted octanol–water partition coefficient (Wildman–Crippen LogP) is -0.843. The second-order valence-corrected chi connectivity index (χ2v) is 25.8. The van der Waals surface area contributed by atoms with Gasteiger partial charge in [-0.15, -0.1) is 5.75 Å². The molecule has 85 heavy (non-hydrogen) atoms. The number of nitrogens with one attached hydrogen (secondary N) is 2. The second kappa shape index (κ2) is 22.2. The molecule has 0 radical (unpaired) electrons. The summed E-state index contributed by atoms with van der Waals surface area (Å²) in [7, 11) is -14.7. The molecular weight excluding hydrogens is 1170 g/mol. The van der Waals surface area contributed by atoms with Crippen LogP contribution in [-0.2, 0) is 42.4 Å². The van der Waals surface area contributed by atoms with Crippen molar-refractivity contribution in [1.82, 2.24) is 39.9 Å². The predicted molar refractivity (Wildman–Crippen MR) is 296 cm³/mol. The summed E-state index contributed by atoms with van der Waals surface area (Å²) in [5.74, 6) is 13.2. The Labute approximate surface area is 553 Å². The first-order valence-electron chi connectivity index (χ1n) is 26.0. The minimum absolute atomic E-state index is 0. The minimum atomic E-state index is -4.99. The second-order valence-electron chi connectivity index (χ2n) is 21.6. The third kappa shape index (κ3) is 10.5. The molecule has 3 aromatic heterocycles.